The van der Waals surface area contributed by atoms with Gasteiger partial charge in [-0.1, -0.05) is 19.8 Å². The molecule has 1 aromatic rings. The molecule has 0 aromatic carbocycles. The van der Waals surface area contributed by atoms with Crippen molar-refractivity contribution in [2.75, 3.05) is 19.0 Å². The Bertz CT molecular complexity index is 639. The molecule has 0 radical (unpaired) electrons. The number of unbranched alkanes of at least 4 members (excludes halogenated alkanes) is 1. The topological polar surface area (TPSA) is 89.1 Å². The number of hydrogen-bond donors (Lipinski definition) is 1. The molecule has 1 heterocycles. The van der Waals surface area contributed by atoms with Crippen LogP contribution >= 0.6 is 0 Å². The molecule has 7 nitrogen and oxygen atoms in total. The summed E-state index contributed by atoms with van der Waals surface area (Å²) < 4.78 is 7.37. The standard InChI is InChI=1S/C14H22N4O3/c1-5-6-7-10(9-21-4)16-12-11(8-15)13(19)18(3)14(20)17(12)2/h10,16H,5-7,9H2,1-4H3. The van der Waals surface area contributed by atoms with E-state index in [4.69, 9.17) is 4.74 Å². The Hall–Kier alpha value is -2.07. The van der Waals surface area contributed by atoms with E-state index in [0.29, 0.717) is 6.61 Å². The summed E-state index contributed by atoms with van der Waals surface area (Å²) in [7, 11) is 4.49. The smallest absolute Gasteiger partial charge is 0.332 e. The maximum absolute atomic E-state index is 12.0. The second-order valence-corrected chi connectivity index (χ2v) is 4.98. The van der Waals surface area contributed by atoms with E-state index >= 15 is 0 Å². The fourth-order valence-electron chi connectivity index (χ4n) is 2.16. The highest BCUT2D eigenvalue weighted by molar-refractivity contribution is 5.51. The highest BCUT2D eigenvalue weighted by Gasteiger charge is 2.18. The minimum absolute atomic E-state index is 0.0558. The van der Waals surface area contributed by atoms with Gasteiger partial charge < -0.3 is 10.1 Å². The van der Waals surface area contributed by atoms with Crippen molar-refractivity contribution in [2.45, 2.75) is 32.2 Å². The Labute approximate surface area is 123 Å². The van der Waals surface area contributed by atoms with Crippen molar-refractivity contribution in [3.05, 3.63) is 26.4 Å². The van der Waals surface area contributed by atoms with Crippen LogP contribution in [-0.2, 0) is 18.8 Å². The molecular weight excluding hydrogens is 272 g/mol. The Morgan fingerprint density at radius 2 is 2.00 bits per heavy atom. The van der Waals surface area contributed by atoms with Crippen molar-refractivity contribution >= 4 is 5.82 Å². The van der Waals surface area contributed by atoms with Crippen molar-refractivity contribution in [3.8, 4) is 6.07 Å². The van der Waals surface area contributed by atoms with Gasteiger partial charge in [-0.2, -0.15) is 5.26 Å². The van der Waals surface area contributed by atoms with E-state index in [1.165, 1.54) is 18.7 Å². The van der Waals surface area contributed by atoms with Gasteiger partial charge in [0.15, 0.2) is 5.56 Å². The summed E-state index contributed by atoms with van der Waals surface area (Å²) >= 11 is 0. The van der Waals surface area contributed by atoms with E-state index in [1.54, 1.807) is 7.11 Å². The largest absolute Gasteiger partial charge is 0.383 e. The third-order valence-corrected chi connectivity index (χ3v) is 3.39. The highest BCUT2D eigenvalue weighted by Crippen LogP contribution is 2.12. The van der Waals surface area contributed by atoms with Crippen LogP contribution in [-0.4, -0.2) is 28.9 Å². The molecule has 1 rings (SSSR count). The number of methoxy groups -OCH3 is 1. The van der Waals surface area contributed by atoms with Gasteiger partial charge in [-0.15, -0.1) is 0 Å². The lowest BCUT2D eigenvalue weighted by molar-refractivity contribution is 0.181. The molecule has 0 bridgehead atoms. The minimum Gasteiger partial charge on any atom is -0.383 e. The lowest BCUT2D eigenvalue weighted by atomic mass is 10.1. The van der Waals surface area contributed by atoms with Gasteiger partial charge >= 0.3 is 5.69 Å². The number of ether oxygens (including phenoxy) is 1. The van der Waals surface area contributed by atoms with Crippen molar-refractivity contribution in [3.63, 3.8) is 0 Å². The van der Waals surface area contributed by atoms with Gasteiger partial charge in [0.05, 0.1) is 12.6 Å². The van der Waals surface area contributed by atoms with Gasteiger partial charge in [-0.3, -0.25) is 13.9 Å². The Kier molecular flexibility index (Phi) is 6.18. The average molecular weight is 294 g/mol. The number of rotatable bonds is 7. The lowest BCUT2D eigenvalue weighted by Crippen LogP contribution is -2.41. The summed E-state index contributed by atoms with van der Waals surface area (Å²) in [6.07, 6.45) is 2.85. The molecule has 1 N–H and O–H groups in total. The second-order valence-electron chi connectivity index (χ2n) is 4.98. The molecule has 0 aliphatic heterocycles. The zero-order valence-electron chi connectivity index (χ0n) is 13.0. The molecule has 0 aliphatic carbocycles. The second kappa shape index (κ2) is 7.64. The maximum atomic E-state index is 12.0. The van der Waals surface area contributed by atoms with Gasteiger partial charge in [0.25, 0.3) is 5.56 Å². The van der Waals surface area contributed by atoms with E-state index in [9.17, 15) is 14.9 Å². The van der Waals surface area contributed by atoms with Gasteiger partial charge in [0.2, 0.25) is 0 Å². The summed E-state index contributed by atoms with van der Waals surface area (Å²) in [6, 6.07) is 1.82. The molecule has 7 heteroatoms. The molecule has 1 atom stereocenters. The van der Waals surface area contributed by atoms with Crippen molar-refractivity contribution in [2.24, 2.45) is 14.1 Å². The van der Waals surface area contributed by atoms with Crippen LogP contribution in [0.4, 0.5) is 5.82 Å². The quantitative estimate of drug-likeness (QED) is 0.794. The molecular formula is C14H22N4O3. The lowest BCUT2D eigenvalue weighted by Gasteiger charge is -2.21. The van der Waals surface area contributed by atoms with E-state index < -0.39 is 11.2 Å². The van der Waals surface area contributed by atoms with Crippen LogP contribution in [0.3, 0.4) is 0 Å². The third-order valence-electron chi connectivity index (χ3n) is 3.39. The van der Waals surface area contributed by atoms with E-state index in [1.807, 2.05) is 6.07 Å². The predicted molar refractivity (Wildman–Crippen MR) is 80.5 cm³/mol. The van der Waals surface area contributed by atoms with Crippen LogP contribution in [0.1, 0.15) is 31.7 Å². The number of anilines is 1. The van der Waals surface area contributed by atoms with Crippen LogP contribution in [0, 0.1) is 11.3 Å². The van der Waals surface area contributed by atoms with Crippen LogP contribution < -0.4 is 16.6 Å². The first-order valence-electron chi connectivity index (χ1n) is 6.93. The molecule has 0 amide bonds. The average Bonchev–Trinajstić information content (AvgIpc) is 2.48. The van der Waals surface area contributed by atoms with E-state index in [-0.39, 0.29) is 17.4 Å². The Morgan fingerprint density at radius 1 is 1.33 bits per heavy atom. The number of nitrogens with one attached hydrogen (secondary N) is 1. The summed E-state index contributed by atoms with van der Waals surface area (Å²) in [5.41, 5.74) is -1.11. The van der Waals surface area contributed by atoms with E-state index in [0.717, 1.165) is 23.8 Å². The first kappa shape index (κ1) is 17.0. The van der Waals surface area contributed by atoms with Crippen LogP contribution in [0.5, 0.6) is 0 Å². The molecule has 0 saturated carbocycles. The van der Waals surface area contributed by atoms with Crippen molar-refractivity contribution in [1.82, 2.24) is 9.13 Å². The summed E-state index contributed by atoms with van der Waals surface area (Å²) in [5, 5.41) is 12.3. The van der Waals surface area contributed by atoms with E-state index in [2.05, 4.69) is 12.2 Å². The van der Waals surface area contributed by atoms with Gasteiger partial charge in [-0.05, 0) is 6.42 Å². The molecule has 1 aromatic heterocycles. The van der Waals surface area contributed by atoms with Crippen molar-refractivity contribution in [1.29, 1.82) is 5.26 Å². The Morgan fingerprint density at radius 3 is 2.52 bits per heavy atom. The molecule has 1 unspecified atom stereocenters. The zero-order chi connectivity index (χ0) is 16.0. The highest BCUT2D eigenvalue weighted by atomic mass is 16.5. The fraction of sp³-hybridized carbons (Fsp3) is 0.643. The molecule has 0 fully saturated rings. The minimum atomic E-state index is -0.588. The molecule has 0 saturated heterocycles. The first-order valence-corrected chi connectivity index (χ1v) is 6.93. The molecule has 21 heavy (non-hydrogen) atoms. The summed E-state index contributed by atoms with van der Waals surface area (Å²) in [4.78, 5) is 24.0. The van der Waals surface area contributed by atoms with Gasteiger partial charge in [-0.25, -0.2) is 4.79 Å². The monoisotopic (exact) mass is 294 g/mol. The zero-order valence-corrected chi connectivity index (χ0v) is 13.0. The number of nitrogens with zero attached hydrogens (tertiary/aromatic N) is 3. The summed E-state index contributed by atoms with van der Waals surface area (Å²) in [5.74, 6) is 0.253. The molecule has 0 aliphatic rings. The maximum Gasteiger partial charge on any atom is 0.332 e. The third kappa shape index (κ3) is 3.73. The SMILES string of the molecule is CCCCC(COC)Nc1c(C#N)c(=O)n(C)c(=O)n1C. The number of hydrogen-bond acceptors (Lipinski definition) is 5. The first-order chi connectivity index (χ1) is 9.97. The van der Waals surface area contributed by atoms with Crippen LogP contribution in [0.2, 0.25) is 0 Å². The fourth-order valence-corrected chi connectivity index (χ4v) is 2.16. The predicted octanol–water partition coefficient (Wildman–Crippen LogP) is 0.573. The normalized spacial score (nSPS) is 12.0. The Balaban J connectivity index is 3.26. The van der Waals surface area contributed by atoms with Gasteiger partial charge in [0, 0.05) is 21.2 Å². The molecule has 116 valence electrons. The molecule has 0 spiro atoms. The summed E-state index contributed by atoms with van der Waals surface area (Å²) in [6.45, 7) is 2.52. The van der Waals surface area contributed by atoms with Gasteiger partial charge in [0.1, 0.15) is 11.9 Å². The van der Waals surface area contributed by atoms with Crippen LogP contribution in [0.25, 0.3) is 0 Å². The number of nitriles is 1. The van der Waals surface area contributed by atoms with Crippen LogP contribution in [0.15, 0.2) is 9.59 Å². The van der Waals surface area contributed by atoms with Crippen molar-refractivity contribution < 1.29 is 4.74 Å². The number of aromatic nitrogens is 2.